The third-order valence-electron chi connectivity index (χ3n) is 4.44. The Morgan fingerprint density at radius 3 is 2.65 bits per heavy atom. The first-order chi connectivity index (χ1) is 14.8. The second-order valence-corrected chi connectivity index (χ2v) is 7.46. The Morgan fingerprint density at radius 1 is 1.29 bits per heavy atom. The molecule has 0 saturated heterocycles. The number of hydrogen-bond donors (Lipinski definition) is 3. The van der Waals surface area contributed by atoms with Gasteiger partial charge < -0.3 is 15.6 Å². The van der Waals surface area contributed by atoms with Gasteiger partial charge in [0.2, 0.25) is 6.23 Å². The van der Waals surface area contributed by atoms with Gasteiger partial charge in [0, 0.05) is 40.7 Å². The molecule has 0 spiro atoms. The zero-order valence-corrected chi connectivity index (χ0v) is 18.1. The summed E-state index contributed by atoms with van der Waals surface area (Å²) in [5.41, 5.74) is 7.66. The van der Waals surface area contributed by atoms with E-state index in [-0.39, 0.29) is 24.7 Å². The van der Waals surface area contributed by atoms with Gasteiger partial charge in [0.1, 0.15) is 11.6 Å². The average Bonchev–Trinajstić information content (AvgIpc) is 3.23. The summed E-state index contributed by atoms with van der Waals surface area (Å²) in [6.45, 7) is 2.13. The van der Waals surface area contributed by atoms with E-state index in [1.165, 1.54) is 10.7 Å². The van der Waals surface area contributed by atoms with Crippen molar-refractivity contribution in [2.75, 3.05) is 6.61 Å². The number of nitrogens with zero attached hydrogens (tertiary/aromatic N) is 3. The van der Waals surface area contributed by atoms with E-state index in [2.05, 4.69) is 5.10 Å². The van der Waals surface area contributed by atoms with Crippen LogP contribution >= 0.6 is 23.4 Å². The monoisotopic (exact) mass is 461 g/mol. The van der Waals surface area contributed by atoms with Crippen molar-refractivity contribution in [3.63, 3.8) is 0 Å². The molecule has 4 N–H and O–H groups in total. The van der Waals surface area contributed by atoms with Crippen molar-refractivity contribution >= 4 is 35.1 Å². The molecule has 1 aromatic heterocycles. The fourth-order valence-corrected chi connectivity index (χ4v) is 3.29. The number of amidine groups is 1. The predicted octanol–water partition coefficient (Wildman–Crippen LogP) is 3.91. The molecule has 31 heavy (non-hydrogen) atoms. The van der Waals surface area contributed by atoms with E-state index >= 15 is 0 Å². The van der Waals surface area contributed by atoms with E-state index < -0.39 is 12.1 Å². The summed E-state index contributed by atoms with van der Waals surface area (Å²) in [5.74, 6) is -0.534. The van der Waals surface area contributed by atoms with Crippen molar-refractivity contribution in [3.8, 4) is 17.0 Å². The second-order valence-electron chi connectivity index (χ2n) is 6.62. The van der Waals surface area contributed by atoms with Crippen LogP contribution < -0.4 is 5.73 Å². The number of nitrogens with one attached hydrogen (secondary N) is 1. The molecule has 8 nitrogen and oxygen atoms in total. The highest BCUT2D eigenvalue weighted by Gasteiger charge is 2.27. The van der Waals surface area contributed by atoms with Gasteiger partial charge in [0.15, 0.2) is 0 Å². The standard InChI is InChI=1S/C21H21Cl2N5O3/c1-2-31-21(20(30)27(23)12-13-3-5-14(6-4-13)19(24)25)28-10-9-17(26-28)16-11-15(22)7-8-18(16)29/h3-11,21,29H,2,12H2,1H3,(H3,24,25). The van der Waals surface area contributed by atoms with Crippen LogP contribution in [-0.2, 0) is 16.1 Å². The van der Waals surface area contributed by atoms with Crippen LogP contribution in [0.1, 0.15) is 24.3 Å². The van der Waals surface area contributed by atoms with Gasteiger partial charge in [-0.15, -0.1) is 0 Å². The first-order valence-electron chi connectivity index (χ1n) is 9.36. The van der Waals surface area contributed by atoms with E-state index in [0.29, 0.717) is 21.8 Å². The summed E-state index contributed by atoms with van der Waals surface area (Å²) < 4.78 is 7.95. The van der Waals surface area contributed by atoms with Crippen LogP contribution in [0.15, 0.2) is 54.7 Å². The molecule has 162 valence electrons. The minimum Gasteiger partial charge on any atom is -0.507 e. The number of benzene rings is 2. The topological polar surface area (TPSA) is 117 Å². The molecule has 2 aromatic carbocycles. The highest BCUT2D eigenvalue weighted by Crippen LogP contribution is 2.31. The molecule has 1 amide bonds. The number of phenolic OH excluding ortho intramolecular Hbond substituents is 1. The molecule has 1 atom stereocenters. The molecule has 1 unspecified atom stereocenters. The maximum atomic E-state index is 13.0. The number of ether oxygens (including phenoxy) is 1. The highest BCUT2D eigenvalue weighted by atomic mass is 35.5. The van der Waals surface area contributed by atoms with Gasteiger partial charge in [0.05, 0.1) is 12.2 Å². The van der Waals surface area contributed by atoms with Crippen LogP contribution in [0, 0.1) is 5.41 Å². The van der Waals surface area contributed by atoms with Crippen molar-refractivity contribution < 1.29 is 14.6 Å². The van der Waals surface area contributed by atoms with Crippen LogP contribution in [0.2, 0.25) is 5.02 Å². The van der Waals surface area contributed by atoms with Crippen LogP contribution in [0.25, 0.3) is 11.3 Å². The zero-order chi connectivity index (χ0) is 22.5. The SMILES string of the molecule is CCOC(C(=O)N(Cl)Cc1ccc(C(=N)N)cc1)n1ccc(-c2cc(Cl)ccc2O)n1. The maximum Gasteiger partial charge on any atom is 0.289 e. The average molecular weight is 462 g/mol. The third kappa shape index (κ3) is 5.35. The lowest BCUT2D eigenvalue weighted by Gasteiger charge is -2.22. The molecule has 0 aliphatic rings. The van der Waals surface area contributed by atoms with Gasteiger partial charge in [-0.2, -0.15) is 5.10 Å². The number of nitrogens with two attached hydrogens (primary N) is 1. The van der Waals surface area contributed by atoms with Crippen molar-refractivity contribution in [1.29, 1.82) is 5.41 Å². The first kappa shape index (κ1) is 22.6. The minimum absolute atomic E-state index is 0.0157. The minimum atomic E-state index is -1.09. The van der Waals surface area contributed by atoms with Gasteiger partial charge >= 0.3 is 0 Å². The lowest BCUT2D eigenvalue weighted by atomic mass is 10.1. The number of aromatic hydroxyl groups is 1. The Balaban J connectivity index is 1.79. The fraction of sp³-hybridized carbons (Fsp3) is 0.190. The molecule has 0 radical (unpaired) electrons. The number of phenols is 1. The van der Waals surface area contributed by atoms with E-state index in [4.69, 9.17) is 39.3 Å². The number of rotatable bonds is 8. The molecule has 0 bridgehead atoms. The summed E-state index contributed by atoms with van der Waals surface area (Å²) in [5, 5.41) is 22.4. The summed E-state index contributed by atoms with van der Waals surface area (Å²) in [7, 11) is 0. The van der Waals surface area contributed by atoms with Gasteiger partial charge in [-0.3, -0.25) is 10.2 Å². The summed E-state index contributed by atoms with van der Waals surface area (Å²) in [6, 6.07) is 13.1. The lowest BCUT2D eigenvalue weighted by molar-refractivity contribution is -0.146. The number of carbonyl (C=O) groups is 1. The van der Waals surface area contributed by atoms with E-state index in [9.17, 15) is 9.90 Å². The Morgan fingerprint density at radius 2 is 2.00 bits per heavy atom. The fourth-order valence-electron chi connectivity index (χ4n) is 2.89. The van der Waals surface area contributed by atoms with E-state index in [1.54, 1.807) is 55.6 Å². The quantitative estimate of drug-likeness (QED) is 0.267. The van der Waals surface area contributed by atoms with Crippen molar-refractivity contribution in [3.05, 3.63) is 70.9 Å². The van der Waals surface area contributed by atoms with Gasteiger partial charge in [-0.05, 0) is 36.8 Å². The molecular formula is C21H21Cl2N5O3. The van der Waals surface area contributed by atoms with Crippen LogP contribution in [0.3, 0.4) is 0 Å². The van der Waals surface area contributed by atoms with Crippen molar-refractivity contribution in [2.24, 2.45) is 5.73 Å². The Labute approximate surface area is 189 Å². The Hall–Kier alpha value is -3.07. The number of nitrogen functional groups attached to an aromatic ring is 1. The number of hydrogen-bond acceptors (Lipinski definition) is 5. The number of halogens is 2. The number of aromatic nitrogens is 2. The summed E-state index contributed by atoms with van der Waals surface area (Å²) >= 11 is 12.3. The first-order valence-corrected chi connectivity index (χ1v) is 10.1. The molecule has 10 heteroatoms. The molecule has 3 aromatic rings. The smallest absolute Gasteiger partial charge is 0.289 e. The predicted molar refractivity (Wildman–Crippen MR) is 119 cm³/mol. The molecule has 0 aliphatic carbocycles. The van der Waals surface area contributed by atoms with E-state index in [1.807, 2.05) is 0 Å². The van der Waals surface area contributed by atoms with Crippen molar-refractivity contribution in [1.82, 2.24) is 14.2 Å². The molecule has 0 fully saturated rings. The second kappa shape index (κ2) is 9.82. The van der Waals surface area contributed by atoms with Crippen LogP contribution in [0.5, 0.6) is 5.75 Å². The molecule has 0 saturated carbocycles. The number of amides is 1. The van der Waals surface area contributed by atoms with Gasteiger partial charge in [0.25, 0.3) is 5.91 Å². The van der Waals surface area contributed by atoms with Gasteiger partial charge in [-0.25, -0.2) is 9.10 Å². The zero-order valence-electron chi connectivity index (χ0n) is 16.6. The summed E-state index contributed by atoms with van der Waals surface area (Å²) in [4.78, 5) is 13.0. The van der Waals surface area contributed by atoms with Gasteiger partial charge in [-0.1, -0.05) is 35.9 Å². The molecular weight excluding hydrogens is 441 g/mol. The molecule has 3 rings (SSSR count). The van der Waals surface area contributed by atoms with Crippen molar-refractivity contribution in [2.45, 2.75) is 19.7 Å². The summed E-state index contributed by atoms with van der Waals surface area (Å²) in [6.07, 6.45) is 0.481. The molecule has 1 heterocycles. The maximum absolute atomic E-state index is 13.0. The molecule has 0 aliphatic heterocycles. The third-order valence-corrected chi connectivity index (χ3v) is 4.97. The van der Waals surface area contributed by atoms with Crippen LogP contribution in [0.4, 0.5) is 0 Å². The normalized spacial score (nSPS) is 11.8. The largest absolute Gasteiger partial charge is 0.507 e. The highest BCUT2D eigenvalue weighted by molar-refractivity contribution is 6.31. The van der Waals surface area contributed by atoms with Crippen LogP contribution in [-0.4, -0.2) is 37.7 Å². The number of carbonyl (C=O) groups excluding carboxylic acids is 1. The Bertz CT molecular complexity index is 1080. The van der Waals surface area contributed by atoms with E-state index in [0.717, 1.165) is 9.98 Å². The Kier molecular flexibility index (Phi) is 7.17. The lowest BCUT2D eigenvalue weighted by Crippen LogP contribution is -2.33.